The van der Waals surface area contributed by atoms with Crippen molar-refractivity contribution >= 4 is 21.6 Å². The summed E-state index contributed by atoms with van der Waals surface area (Å²) in [5.41, 5.74) is 6.98. The fourth-order valence-electron chi connectivity index (χ4n) is 2.45. The molecule has 1 fully saturated rings. The van der Waals surface area contributed by atoms with Crippen LogP contribution in [0.5, 0.6) is 0 Å². The maximum atomic E-state index is 14.3. The summed E-state index contributed by atoms with van der Waals surface area (Å²) < 4.78 is 20.1. The van der Waals surface area contributed by atoms with Gasteiger partial charge in [0.25, 0.3) is 0 Å². The molecule has 1 aliphatic heterocycles. The third kappa shape index (κ3) is 3.46. The smallest absolute Gasteiger partial charge is 0.160 e. The zero-order valence-corrected chi connectivity index (χ0v) is 12.7. The number of nitrogens with two attached hydrogens (primary N) is 1. The van der Waals surface area contributed by atoms with Crippen molar-refractivity contribution in [1.82, 2.24) is 0 Å². The minimum Gasteiger partial charge on any atom is -0.381 e. The van der Waals surface area contributed by atoms with Gasteiger partial charge in [-0.05, 0) is 46.3 Å². The number of benzene rings is 1. The predicted octanol–water partition coefficient (Wildman–Crippen LogP) is 2.91. The molecule has 0 unspecified atom stereocenters. The highest BCUT2D eigenvalue weighted by Gasteiger charge is 2.19. The molecule has 0 bridgehead atoms. The Morgan fingerprint density at radius 1 is 1.42 bits per heavy atom. The minimum atomic E-state index is -0.225. The molecule has 0 aromatic heterocycles. The van der Waals surface area contributed by atoms with E-state index in [0.717, 1.165) is 38.2 Å². The average molecular weight is 331 g/mol. The van der Waals surface area contributed by atoms with Crippen LogP contribution in [0.2, 0.25) is 0 Å². The van der Waals surface area contributed by atoms with E-state index in [9.17, 15) is 4.39 Å². The summed E-state index contributed by atoms with van der Waals surface area (Å²) in [6.07, 6.45) is 2.10. The van der Waals surface area contributed by atoms with Gasteiger partial charge in [0.2, 0.25) is 0 Å². The minimum absolute atomic E-state index is 0.225. The van der Waals surface area contributed by atoms with Gasteiger partial charge in [0.15, 0.2) is 5.82 Å². The van der Waals surface area contributed by atoms with Gasteiger partial charge in [0.1, 0.15) is 0 Å². The van der Waals surface area contributed by atoms with Crippen LogP contribution in [0.1, 0.15) is 18.4 Å². The SMILES string of the molecule is CN(CC1CCOCC1)c1ccc(CN)c(Br)c1F. The molecule has 1 aromatic carbocycles. The number of hydrogen-bond acceptors (Lipinski definition) is 3. The van der Waals surface area contributed by atoms with E-state index in [0.29, 0.717) is 22.6 Å². The molecule has 0 radical (unpaired) electrons. The van der Waals surface area contributed by atoms with Gasteiger partial charge in [0.05, 0.1) is 10.2 Å². The summed E-state index contributed by atoms with van der Waals surface area (Å²) in [6.45, 7) is 2.82. The molecule has 0 spiro atoms. The van der Waals surface area contributed by atoms with Gasteiger partial charge >= 0.3 is 0 Å². The standard InChI is InChI=1S/C14H20BrFN2O/c1-18(9-10-4-6-19-7-5-10)12-3-2-11(8-17)13(15)14(12)16/h2-3,10H,4-9,17H2,1H3. The first-order chi connectivity index (χ1) is 9.13. The Hall–Kier alpha value is -0.650. The van der Waals surface area contributed by atoms with E-state index in [1.54, 1.807) is 0 Å². The molecule has 2 rings (SSSR count). The number of halogens is 2. The third-order valence-corrected chi connectivity index (χ3v) is 4.50. The Morgan fingerprint density at radius 3 is 2.74 bits per heavy atom. The van der Waals surface area contributed by atoms with E-state index in [4.69, 9.17) is 10.5 Å². The summed E-state index contributed by atoms with van der Waals surface area (Å²) >= 11 is 3.28. The van der Waals surface area contributed by atoms with E-state index in [2.05, 4.69) is 15.9 Å². The first-order valence-electron chi connectivity index (χ1n) is 6.59. The van der Waals surface area contributed by atoms with E-state index >= 15 is 0 Å². The highest BCUT2D eigenvalue weighted by atomic mass is 79.9. The Balaban J connectivity index is 2.10. The second kappa shape index (κ2) is 6.68. The van der Waals surface area contributed by atoms with Crippen molar-refractivity contribution in [3.05, 3.63) is 28.0 Å². The van der Waals surface area contributed by atoms with Crippen molar-refractivity contribution in [2.45, 2.75) is 19.4 Å². The van der Waals surface area contributed by atoms with Crippen LogP contribution in [0.3, 0.4) is 0 Å². The van der Waals surface area contributed by atoms with Gasteiger partial charge in [-0.2, -0.15) is 0 Å². The van der Waals surface area contributed by atoms with Gasteiger partial charge < -0.3 is 15.4 Å². The van der Waals surface area contributed by atoms with Crippen molar-refractivity contribution in [3.8, 4) is 0 Å². The summed E-state index contributed by atoms with van der Waals surface area (Å²) in [4.78, 5) is 1.98. The first-order valence-corrected chi connectivity index (χ1v) is 7.38. The highest BCUT2D eigenvalue weighted by molar-refractivity contribution is 9.10. The summed E-state index contributed by atoms with van der Waals surface area (Å²) in [6, 6.07) is 3.69. The molecular formula is C14H20BrFN2O. The molecule has 19 heavy (non-hydrogen) atoms. The fraction of sp³-hybridized carbons (Fsp3) is 0.571. The van der Waals surface area contributed by atoms with Crippen LogP contribution >= 0.6 is 15.9 Å². The largest absolute Gasteiger partial charge is 0.381 e. The van der Waals surface area contributed by atoms with Crippen molar-refractivity contribution < 1.29 is 9.13 Å². The van der Waals surface area contributed by atoms with Gasteiger partial charge in [-0.15, -0.1) is 0 Å². The van der Waals surface area contributed by atoms with E-state index < -0.39 is 0 Å². The fourth-order valence-corrected chi connectivity index (χ4v) is 2.94. The highest BCUT2D eigenvalue weighted by Crippen LogP contribution is 2.30. The van der Waals surface area contributed by atoms with Gasteiger partial charge in [-0.1, -0.05) is 6.07 Å². The number of rotatable bonds is 4. The second-order valence-electron chi connectivity index (χ2n) is 5.01. The molecule has 5 heteroatoms. The van der Waals surface area contributed by atoms with Gasteiger partial charge in [0, 0.05) is 33.4 Å². The zero-order valence-electron chi connectivity index (χ0n) is 11.2. The number of ether oxygens (including phenoxy) is 1. The van der Waals surface area contributed by atoms with Crippen LogP contribution < -0.4 is 10.6 Å². The van der Waals surface area contributed by atoms with Crippen molar-refractivity contribution in [2.24, 2.45) is 11.7 Å². The molecular weight excluding hydrogens is 311 g/mol. The second-order valence-corrected chi connectivity index (χ2v) is 5.81. The molecule has 0 atom stereocenters. The lowest BCUT2D eigenvalue weighted by atomic mass is 9.99. The number of nitrogens with zero attached hydrogens (tertiary/aromatic N) is 1. The van der Waals surface area contributed by atoms with Crippen LogP contribution in [0, 0.1) is 11.7 Å². The lowest BCUT2D eigenvalue weighted by Crippen LogP contribution is -2.30. The quantitative estimate of drug-likeness (QED) is 0.922. The van der Waals surface area contributed by atoms with E-state index in [-0.39, 0.29) is 5.82 Å². The van der Waals surface area contributed by atoms with Crippen molar-refractivity contribution in [3.63, 3.8) is 0 Å². The molecule has 1 saturated heterocycles. The summed E-state index contributed by atoms with van der Waals surface area (Å²) in [5, 5.41) is 0. The Morgan fingerprint density at radius 2 is 2.11 bits per heavy atom. The predicted molar refractivity (Wildman–Crippen MR) is 78.8 cm³/mol. The Bertz CT molecular complexity index is 436. The molecule has 1 aliphatic rings. The third-order valence-electron chi connectivity index (χ3n) is 3.65. The lowest BCUT2D eigenvalue weighted by Gasteiger charge is -2.29. The van der Waals surface area contributed by atoms with Crippen LogP contribution in [-0.2, 0) is 11.3 Å². The topological polar surface area (TPSA) is 38.5 Å². The molecule has 3 nitrogen and oxygen atoms in total. The molecule has 106 valence electrons. The van der Waals surface area contributed by atoms with Gasteiger partial charge in [-0.25, -0.2) is 4.39 Å². The Labute approximate surface area is 122 Å². The average Bonchev–Trinajstić information content (AvgIpc) is 2.42. The maximum Gasteiger partial charge on any atom is 0.160 e. The maximum absolute atomic E-state index is 14.3. The van der Waals surface area contributed by atoms with Crippen LogP contribution in [0.4, 0.5) is 10.1 Å². The zero-order chi connectivity index (χ0) is 13.8. The van der Waals surface area contributed by atoms with Gasteiger partial charge in [-0.3, -0.25) is 0 Å². The Kier molecular flexibility index (Phi) is 5.19. The summed E-state index contributed by atoms with van der Waals surface area (Å²) in [7, 11) is 1.93. The molecule has 0 saturated carbocycles. The van der Waals surface area contributed by atoms with Crippen molar-refractivity contribution in [2.75, 3.05) is 31.7 Å². The molecule has 0 amide bonds. The molecule has 2 N–H and O–H groups in total. The monoisotopic (exact) mass is 330 g/mol. The number of anilines is 1. The normalized spacial score (nSPS) is 16.6. The van der Waals surface area contributed by atoms with Crippen molar-refractivity contribution in [1.29, 1.82) is 0 Å². The number of hydrogen-bond donors (Lipinski definition) is 1. The van der Waals surface area contributed by atoms with Crippen LogP contribution in [0.15, 0.2) is 16.6 Å². The summed E-state index contributed by atoms with van der Waals surface area (Å²) in [5.74, 6) is 0.351. The lowest BCUT2D eigenvalue weighted by molar-refractivity contribution is 0.0685. The molecule has 1 heterocycles. The molecule has 1 aromatic rings. The first kappa shape index (κ1) is 14.8. The van der Waals surface area contributed by atoms with E-state index in [1.807, 2.05) is 24.1 Å². The van der Waals surface area contributed by atoms with Crippen LogP contribution in [0.25, 0.3) is 0 Å². The molecule has 0 aliphatic carbocycles. The van der Waals surface area contributed by atoms with Crippen LogP contribution in [-0.4, -0.2) is 26.8 Å². The van der Waals surface area contributed by atoms with E-state index in [1.165, 1.54) is 0 Å².